The molecule has 1 aliphatic rings. The molecular weight excluding hydrogens is 447 g/mol. The summed E-state index contributed by atoms with van der Waals surface area (Å²) in [6.07, 6.45) is 0.946. The Morgan fingerprint density at radius 3 is 2.24 bits per heavy atom. The van der Waals surface area contributed by atoms with Gasteiger partial charge >= 0.3 is 0 Å². The van der Waals surface area contributed by atoms with Gasteiger partial charge in [-0.05, 0) is 55.0 Å². The lowest BCUT2D eigenvalue weighted by Gasteiger charge is -2.26. The first kappa shape index (κ1) is 22.3. The van der Waals surface area contributed by atoms with Crippen LogP contribution in [0.25, 0.3) is 22.0 Å². The van der Waals surface area contributed by atoms with Crippen LogP contribution in [-0.2, 0) is 0 Å². The number of halogens is 1. The quantitative estimate of drug-likeness (QED) is 0.227. The first-order valence-corrected chi connectivity index (χ1v) is 12.3. The smallest absolute Gasteiger partial charge is 0.262 e. The van der Waals surface area contributed by atoms with Gasteiger partial charge in [-0.2, -0.15) is 0 Å². The Hall–Kier alpha value is -3.51. The first-order chi connectivity index (χ1) is 16.5. The van der Waals surface area contributed by atoms with Crippen LogP contribution in [0.4, 0.5) is 4.39 Å². The molecule has 1 unspecified atom stereocenters. The standard InChI is InChI=1S/C28H23FN2O2S/c1-3-15-34-26-22-16-19(29)13-14-23(22)30-25(24(26)18-9-5-4-6-10-18)17(2)31-27(32)20-11-7-8-12-21(20)28(31)33/h4-14,16-17H,3,15H2,1-2H3. The number of hydrogen-bond acceptors (Lipinski definition) is 4. The van der Waals surface area contributed by atoms with Gasteiger partial charge < -0.3 is 0 Å². The maximum Gasteiger partial charge on any atom is 0.262 e. The normalized spacial score (nSPS) is 14.0. The Kier molecular flexibility index (Phi) is 5.92. The molecule has 0 saturated carbocycles. The highest BCUT2D eigenvalue weighted by atomic mass is 32.2. The monoisotopic (exact) mass is 470 g/mol. The third kappa shape index (κ3) is 3.68. The third-order valence-electron chi connectivity index (χ3n) is 6.05. The molecule has 3 aromatic carbocycles. The lowest BCUT2D eigenvalue weighted by molar-refractivity contribution is 0.0592. The number of hydrogen-bond donors (Lipinski definition) is 0. The molecule has 4 nitrogen and oxygen atoms in total. The van der Waals surface area contributed by atoms with Crippen LogP contribution in [0.3, 0.4) is 0 Å². The summed E-state index contributed by atoms with van der Waals surface area (Å²) in [4.78, 5) is 33.6. The Balaban J connectivity index is 1.76. The van der Waals surface area contributed by atoms with Crippen molar-refractivity contribution in [1.29, 1.82) is 0 Å². The van der Waals surface area contributed by atoms with Gasteiger partial charge in [-0.25, -0.2) is 9.37 Å². The maximum atomic E-state index is 14.3. The van der Waals surface area contributed by atoms with Crippen molar-refractivity contribution in [2.24, 2.45) is 0 Å². The van der Waals surface area contributed by atoms with E-state index >= 15 is 0 Å². The minimum Gasteiger partial charge on any atom is -0.269 e. The first-order valence-electron chi connectivity index (χ1n) is 11.3. The Morgan fingerprint density at radius 2 is 1.59 bits per heavy atom. The Bertz CT molecular complexity index is 1390. The molecule has 0 bridgehead atoms. The van der Waals surface area contributed by atoms with Crippen LogP contribution in [0.2, 0.25) is 0 Å². The summed E-state index contributed by atoms with van der Waals surface area (Å²) in [5, 5.41) is 0.732. The van der Waals surface area contributed by atoms with Crippen molar-refractivity contribution in [2.75, 3.05) is 5.75 Å². The van der Waals surface area contributed by atoms with Crippen molar-refractivity contribution < 1.29 is 14.0 Å². The van der Waals surface area contributed by atoms with Crippen molar-refractivity contribution in [3.05, 3.63) is 95.4 Å². The fourth-order valence-electron chi connectivity index (χ4n) is 4.45. The minimum atomic E-state index is -0.613. The zero-order valence-electron chi connectivity index (χ0n) is 18.9. The van der Waals surface area contributed by atoms with E-state index in [-0.39, 0.29) is 17.6 Å². The average Bonchev–Trinajstić information content (AvgIpc) is 3.12. The van der Waals surface area contributed by atoms with Crippen molar-refractivity contribution >= 4 is 34.5 Å². The van der Waals surface area contributed by atoms with E-state index in [4.69, 9.17) is 4.98 Å². The van der Waals surface area contributed by atoms with Gasteiger partial charge in [0.2, 0.25) is 0 Å². The third-order valence-corrected chi connectivity index (χ3v) is 7.37. The van der Waals surface area contributed by atoms with E-state index in [2.05, 4.69) is 6.92 Å². The molecule has 1 atom stereocenters. The number of aromatic nitrogens is 1. The second kappa shape index (κ2) is 9.03. The molecule has 0 radical (unpaired) electrons. The molecule has 0 aliphatic carbocycles. The van der Waals surface area contributed by atoms with Gasteiger partial charge in [-0.15, -0.1) is 11.8 Å². The minimum absolute atomic E-state index is 0.323. The number of rotatable bonds is 6. The number of fused-ring (bicyclic) bond motifs is 2. The summed E-state index contributed by atoms with van der Waals surface area (Å²) >= 11 is 1.65. The number of carbonyl (C=O) groups excluding carboxylic acids is 2. The summed E-state index contributed by atoms with van der Waals surface area (Å²) < 4.78 is 14.3. The molecule has 0 N–H and O–H groups in total. The molecule has 0 saturated heterocycles. The number of benzene rings is 3. The fourth-order valence-corrected chi connectivity index (χ4v) is 5.54. The summed E-state index contributed by atoms with van der Waals surface area (Å²) in [6.45, 7) is 3.93. The lowest BCUT2D eigenvalue weighted by atomic mass is 9.97. The Morgan fingerprint density at radius 1 is 0.941 bits per heavy atom. The predicted molar refractivity (Wildman–Crippen MR) is 134 cm³/mol. The summed E-state index contributed by atoms with van der Waals surface area (Å²) in [5.74, 6) is -0.129. The van der Waals surface area contributed by atoms with Gasteiger partial charge in [-0.3, -0.25) is 14.5 Å². The van der Waals surface area contributed by atoms with Crippen LogP contribution < -0.4 is 0 Å². The van der Waals surface area contributed by atoms with E-state index in [1.54, 1.807) is 42.1 Å². The van der Waals surface area contributed by atoms with Gasteiger partial charge in [0.15, 0.2) is 0 Å². The van der Waals surface area contributed by atoms with Crippen LogP contribution in [0, 0.1) is 5.82 Å². The number of amides is 2. The topological polar surface area (TPSA) is 50.3 Å². The van der Waals surface area contributed by atoms with Gasteiger partial charge in [-0.1, -0.05) is 49.4 Å². The summed E-state index contributed by atoms with van der Waals surface area (Å²) in [5.41, 5.74) is 3.82. The van der Waals surface area contributed by atoms with Crippen LogP contribution in [0.15, 0.2) is 77.7 Å². The van der Waals surface area contributed by atoms with Gasteiger partial charge in [0.05, 0.1) is 28.4 Å². The van der Waals surface area contributed by atoms with Gasteiger partial charge in [0.25, 0.3) is 11.8 Å². The summed E-state index contributed by atoms with van der Waals surface area (Å²) in [7, 11) is 0. The second-order valence-electron chi connectivity index (χ2n) is 8.28. The van der Waals surface area contributed by atoms with E-state index in [1.807, 2.05) is 37.3 Å². The van der Waals surface area contributed by atoms with Crippen molar-refractivity contribution in [3.63, 3.8) is 0 Å². The molecule has 1 aromatic heterocycles. The zero-order chi connectivity index (χ0) is 23.8. The molecule has 170 valence electrons. The number of nitrogens with zero attached hydrogens (tertiary/aromatic N) is 2. The van der Waals surface area contributed by atoms with E-state index in [0.29, 0.717) is 22.3 Å². The Labute approximate surface area is 201 Å². The molecule has 0 spiro atoms. The molecule has 4 aromatic rings. The molecule has 6 heteroatoms. The van der Waals surface area contributed by atoms with E-state index in [9.17, 15) is 14.0 Å². The van der Waals surface area contributed by atoms with E-state index in [0.717, 1.165) is 33.6 Å². The lowest BCUT2D eigenvalue weighted by Crippen LogP contribution is -2.33. The molecule has 2 amide bonds. The molecule has 0 fully saturated rings. The van der Waals surface area contributed by atoms with E-state index < -0.39 is 6.04 Å². The highest BCUT2D eigenvalue weighted by Crippen LogP contribution is 2.43. The van der Waals surface area contributed by atoms with Crippen LogP contribution in [0.5, 0.6) is 0 Å². The number of pyridine rings is 1. The number of imide groups is 1. The molecule has 1 aliphatic heterocycles. The predicted octanol–water partition coefficient (Wildman–Crippen LogP) is 6.90. The molecule has 2 heterocycles. The van der Waals surface area contributed by atoms with Crippen molar-refractivity contribution in [1.82, 2.24) is 9.88 Å². The van der Waals surface area contributed by atoms with Crippen LogP contribution in [-0.4, -0.2) is 27.5 Å². The maximum absolute atomic E-state index is 14.3. The van der Waals surface area contributed by atoms with Gasteiger partial charge in [0, 0.05) is 15.8 Å². The van der Waals surface area contributed by atoms with Gasteiger partial charge in [0.1, 0.15) is 5.82 Å². The highest BCUT2D eigenvalue weighted by molar-refractivity contribution is 7.99. The second-order valence-corrected chi connectivity index (χ2v) is 9.38. The highest BCUT2D eigenvalue weighted by Gasteiger charge is 2.40. The van der Waals surface area contributed by atoms with Crippen molar-refractivity contribution in [2.45, 2.75) is 31.2 Å². The zero-order valence-corrected chi connectivity index (χ0v) is 19.7. The SMILES string of the molecule is CCCSc1c(-c2ccccc2)c(C(C)N2C(=O)c3ccccc3C2=O)nc2ccc(F)cc12. The number of thioether (sulfide) groups is 1. The molecular formula is C28H23FN2O2S. The molecule has 34 heavy (non-hydrogen) atoms. The van der Waals surface area contributed by atoms with Crippen LogP contribution in [0.1, 0.15) is 52.7 Å². The fraction of sp³-hybridized carbons (Fsp3) is 0.179. The van der Waals surface area contributed by atoms with Crippen LogP contribution >= 0.6 is 11.8 Å². The largest absolute Gasteiger partial charge is 0.269 e. The average molecular weight is 471 g/mol. The van der Waals surface area contributed by atoms with Crippen molar-refractivity contribution in [3.8, 4) is 11.1 Å². The molecule has 5 rings (SSSR count). The van der Waals surface area contributed by atoms with E-state index in [1.165, 1.54) is 17.0 Å². The number of carbonyl (C=O) groups is 2. The summed E-state index contributed by atoms with van der Waals surface area (Å²) in [6, 6.07) is 20.6.